The monoisotopic (exact) mass is 560 g/mol. The first-order valence-electron chi connectivity index (χ1n) is 11.8. The maximum absolute atomic E-state index is 10.3. The Morgan fingerprint density at radius 2 is 0.725 bits per heavy atom. The second-order valence-corrected chi connectivity index (χ2v) is 7.69. The zero-order valence-corrected chi connectivity index (χ0v) is 21.8. The Hall–Kier alpha value is -4.69. The second-order valence-electron chi connectivity index (χ2n) is 7.69. The number of para-hydroxylation sites is 3. The largest absolute Gasteiger partial charge is 0.478 e. The van der Waals surface area contributed by atoms with Crippen LogP contribution in [0.3, 0.4) is 0 Å². The molecular formula is C27H36N4O9. The topological polar surface area (TPSA) is 254 Å². The normalized spacial score (nSPS) is 9.60. The van der Waals surface area contributed by atoms with E-state index >= 15 is 0 Å². The summed E-state index contributed by atoms with van der Waals surface area (Å²) in [5, 5.41) is 50.9. The predicted molar refractivity (Wildman–Crippen MR) is 151 cm³/mol. The molecule has 0 bridgehead atoms. The van der Waals surface area contributed by atoms with Crippen molar-refractivity contribution in [3.8, 4) is 0 Å². The van der Waals surface area contributed by atoms with E-state index in [1.54, 1.807) is 59.5 Å². The van der Waals surface area contributed by atoms with Crippen LogP contribution in [0.5, 0.6) is 0 Å². The summed E-state index contributed by atoms with van der Waals surface area (Å²) in [6.45, 7) is 1.75. The van der Waals surface area contributed by atoms with Gasteiger partial charge in [0.25, 0.3) is 0 Å². The molecule has 0 fully saturated rings. The van der Waals surface area contributed by atoms with Gasteiger partial charge in [0, 0.05) is 36.7 Å². The van der Waals surface area contributed by atoms with Crippen molar-refractivity contribution in [3.63, 3.8) is 0 Å². The summed E-state index contributed by atoms with van der Waals surface area (Å²) < 4.78 is 0. The summed E-state index contributed by atoms with van der Waals surface area (Å²) in [5.41, 5.74) is 17.4. The van der Waals surface area contributed by atoms with Crippen molar-refractivity contribution in [1.82, 2.24) is 4.90 Å². The predicted octanol–water partition coefficient (Wildman–Crippen LogP) is 1.17. The first kappa shape index (κ1) is 35.3. The molecule has 0 radical (unpaired) electrons. The molecule has 0 atom stereocenters. The van der Waals surface area contributed by atoms with Gasteiger partial charge in [-0.25, -0.2) is 14.4 Å². The minimum absolute atomic E-state index is 0.0694. The third-order valence-corrected chi connectivity index (χ3v) is 4.82. The molecule has 0 aliphatic carbocycles. The van der Waals surface area contributed by atoms with Crippen molar-refractivity contribution in [2.24, 2.45) is 0 Å². The third-order valence-electron chi connectivity index (χ3n) is 4.82. The molecule has 0 aromatic heterocycles. The highest BCUT2D eigenvalue weighted by Gasteiger charge is 2.05. The number of aromatic carboxylic acids is 3. The number of aliphatic hydroxyl groups excluding tert-OH is 3. The van der Waals surface area contributed by atoms with E-state index in [9.17, 15) is 14.4 Å². The molecule has 13 nitrogen and oxygen atoms in total. The molecule has 0 aliphatic heterocycles. The van der Waals surface area contributed by atoms with Crippen molar-refractivity contribution >= 4 is 35.0 Å². The van der Waals surface area contributed by atoms with Crippen molar-refractivity contribution in [3.05, 3.63) is 89.5 Å². The highest BCUT2D eigenvalue weighted by atomic mass is 16.4. The van der Waals surface area contributed by atoms with Crippen molar-refractivity contribution in [2.45, 2.75) is 0 Å². The number of carboxylic acids is 3. The molecule has 0 unspecified atom stereocenters. The highest BCUT2D eigenvalue weighted by molar-refractivity contribution is 5.94. The number of nitrogen functional groups attached to an aromatic ring is 3. The number of nitrogens with zero attached hydrogens (tertiary/aromatic N) is 1. The molecular weight excluding hydrogens is 524 g/mol. The van der Waals surface area contributed by atoms with E-state index in [0.717, 1.165) is 0 Å². The van der Waals surface area contributed by atoms with E-state index < -0.39 is 17.9 Å². The number of hydrogen-bond donors (Lipinski definition) is 9. The summed E-state index contributed by atoms with van der Waals surface area (Å²) in [6, 6.07) is 19.1. The number of anilines is 3. The summed E-state index contributed by atoms with van der Waals surface area (Å²) in [4.78, 5) is 32.8. The molecule has 0 saturated heterocycles. The Morgan fingerprint density at radius 1 is 0.500 bits per heavy atom. The summed E-state index contributed by atoms with van der Waals surface area (Å²) in [5.74, 6) is -2.96. The molecule has 3 aromatic carbocycles. The number of hydrogen-bond acceptors (Lipinski definition) is 10. The highest BCUT2D eigenvalue weighted by Crippen LogP contribution is 2.10. The van der Waals surface area contributed by atoms with Crippen LogP contribution in [0, 0.1) is 0 Å². The molecule has 0 heterocycles. The molecule has 13 heteroatoms. The Morgan fingerprint density at radius 3 is 0.875 bits per heavy atom. The van der Waals surface area contributed by atoms with E-state index in [4.69, 9.17) is 47.8 Å². The van der Waals surface area contributed by atoms with Crippen LogP contribution in [0.1, 0.15) is 31.1 Å². The van der Waals surface area contributed by atoms with Crippen molar-refractivity contribution in [2.75, 3.05) is 56.7 Å². The van der Waals surface area contributed by atoms with Crippen LogP contribution in [0.4, 0.5) is 17.1 Å². The van der Waals surface area contributed by atoms with Crippen LogP contribution in [-0.2, 0) is 0 Å². The Balaban J connectivity index is 0.000000507. The number of benzene rings is 3. The van der Waals surface area contributed by atoms with Crippen LogP contribution >= 0.6 is 0 Å². The lowest BCUT2D eigenvalue weighted by atomic mass is 10.2. The first-order chi connectivity index (χ1) is 19.0. The summed E-state index contributed by atoms with van der Waals surface area (Å²) in [6.07, 6.45) is 0. The Bertz CT molecular complexity index is 1050. The molecule has 0 amide bonds. The van der Waals surface area contributed by atoms with Crippen LogP contribution in [-0.4, -0.2) is 92.9 Å². The zero-order chi connectivity index (χ0) is 30.5. The van der Waals surface area contributed by atoms with Gasteiger partial charge in [0.1, 0.15) is 0 Å². The number of aliphatic hydroxyl groups is 3. The van der Waals surface area contributed by atoms with Gasteiger partial charge in [-0.1, -0.05) is 36.4 Å². The van der Waals surface area contributed by atoms with E-state index in [0.29, 0.717) is 36.7 Å². The molecule has 0 aliphatic rings. The fourth-order valence-corrected chi connectivity index (χ4v) is 2.83. The zero-order valence-electron chi connectivity index (χ0n) is 21.8. The van der Waals surface area contributed by atoms with Crippen LogP contribution in [0.2, 0.25) is 0 Å². The van der Waals surface area contributed by atoms with E-state index in [2.05, 4.69) is 0 Å². The number of carbonyl (C=O) groups is 3. The lowest BCUT2D eigenvalue weighted by molar-refractivity contribution is 0.0687. The molecule has 40 heavy (non-hydrogen) atoms. The Kier molecular flexibility index (Phi) is 17.9. The van der Waals surface area contributed by atoms with Gasteiger partial charge < -0.3 is 47.8 Å². The third kappa shape index (κ3) is 14.3. The van der Waals surface area contributed by atoms with Gasteiger partial charge in [0.15, 0.2) is 0 Å². The Labute approximate surface area is 231 Å². The van der Waals surface area contributed by atoms with Crippen LogP contribution in [0.15, 0.2) is 72.8 Å². The van der Waals surface area contributed by atoms with E-state index in [1.165, 1.54) is 18.2 Å². The minimum Gasteiger partial charge on any atom is -0.478 e. The van der Waals surface area contributed by atoms with Crippen molar-refractivity contribution in [1.29, 1.82) is 0 Å². The van der Waals surface area contributed by atoms with Crippen LogP contribution < -0.4 is 17.2 Å². The lowest BCUT2D eigenvalue weighted by Crippen LogP contribution is -2.32. The van der Waals surface area contributed by atoms with Gasteiger partial charge >= 0.3 is 17.9 Å². The molecule has 3 rings (SSSR count). The van der Waals surface area contributed by atoms with Gasteiger partial charge in [-0.05, 0) is 36.4 Å². The maximum Gasteiger partial charge on any atom is 0.337 e. The SMILES string of the molecule is Nc1ccccc1C(=O)O.Nc1ccccc1C(=O)O.Nc1ccccc1C(=O)O.OCCN(CCO)CCO. The standard InChI is InChI=1S/3C7H7NO2.C6H15NO3/c3*8-6-4-2-1-3-5(6)7(9)10;8-4-1-7(2-5-9)3-6-10/h3*1-4H,8H2,(H,9,10);8-10H,1-6H2. The van der Waals surface area contributed by atoms with E-state index in [-0.39, 0.29) is 36.5 Å². The van der Waals surface area contributed by atoms with Gasteiger partial charge in [-0.15, -0.1) is 0 Å². The first-order valence-corrected chi connectivity index (χ1v) is 11.8. The molecule has 12 N–H and O–H groups in total. The summed E-state index contributed by atoms with van der Waals surface area (Å²) in [7, 11) is 0. The quantitative estimate of drug-likeness (QED) is 0.167. The lowest BCUT2D eigenvalue weighted by Gasteiger charge is -2.17. The van der Waals surface area contributed by atoms with Crippen molar-refractivity contribution < 1.29 is 45.0 Å². The average molecular weight is 561 g/mol. The molecule has 0 saturated carbocycles. The number of rotatable bonds is 9. The fraction of sp³-hybridized carbons (Fsp3) is 0.222. The smallest absolute Gasteiger partial charge is 0.337 e. The maximum atomic E-state index is 10.3. The minimum atomic E-state index is -0.988. The molecule has 0 spiro atoms. The summed E-state index contributed by atoms with van der Waals surface area (Å²) >= 11 is 0. The molecule has 218 valence electrons. The number of carboxylic acid groups (broad SMARTS) is 3. The van der Waals surface area contributed by atoms with E-state index in [1.807, 2.05) is 0 Å². The fourth-order valence-electron chi connectivity index (χ4n) is 2.83. The van der Waals surface area contributed by atoms with Gasteiger partial charge in [-0.3, -0.25) is 4.90 Å². The average Bonchev–Trinajstić information content (AvgIpc) is 2.91. The second kappa shape index (κ2) is 20.3. The van der Waals surface area contributed by atoms with Crippen LogP contribution in [0.25, 0.3) is 0 Å². The number of nitrogens with two attached hydrogens (primary N) is 3. The van der Waals surface area contributed by atoms with Gasteiger partial charge in [0.2, 0.25) is 0 Å². The van der Waals surface area contributed by atoms with Gasteiger partial charge in [0.05, 0.1) is 36.5 Å². The van der Waals surface area contributed by atoms with Gasteiger partial charge in [-0.2, -0.15) is 0 Å². The molecule has 3 aromatic rings.